The van der Waals surface area contributed by atoms with Crippen LogP contribution in [0.5, 0.6) is 11.5 Å². The average Bonchev–Trinajstić information content (AvgIpc) is 2.80. The Morgan fingerprint density at radius 3 is 2.81 bits per heavy atom. The van der Waals surface area contributed by atoms with Gasteiger partial charge in [-0.15, -0.1) is 0 Å². The Balaban J connectivity index is 1.36. The number of amides is 2. The van der Waals surface area contributed by atoms with E-state index in [1.165, 1.54) is 32.1 Å². The van der Waals surface area contributed by atoms with Crippen LogP contribution in [0, 0.1) is 12.8 Å². The first-order valence-electron chi connectivity index (χ1n) is 11.6. The molecule has 1 saturated carbocycles. The van der Waals surface area contributed by atoms with Crippen molar-refractivity contribution in [2.75, 3.05) is 30.0 Å². The first kappa shape index (κ1) is 22.2. The zero-order valence-corrected chi connectivity index (χ0v) is 18.8. The number of nitrogens with one attached hydrogen (secondary N) is 1. The van der Waals surface area contributed by atoms with Crippen LogP contribution < -0.4 is 19.7 Å². The standard InChI is InChI=1S/C26H32N2O4/c1-19-6-5-9-22(16-19)31-15-14-28-23-17-21(11-12-24(23)32-18-26(28)30)27-25(29)13-10-20-7-3-2-4-8-20/h5-6,9,11-12,16-17,20H,2-4,7-8,10,13-15,18H2,1H3,(H,27,29). The predicted octanol–water partition coefficient (Wildman–Crippen LogP) is 5.10. The largest absolute Gasteiger partial charge is 0.492 e. The molecule has 1 fully saturated rings. The van der Waals surface area contributed by atoms with Gasteiger partial charge >= 0.3 is 0 Å². The van der Waals surface area contributed by atoms with Gasteiger partial charge in [-0.2, -0.15) is 0 Å². The zero-order valence-electron chi connectivity index (χ0n) is 18.8. The highest BCUT2D eigenvalue weighted by atomic mass is 16.5. The SMILES string of the molecule is Cc1cccc(OCCN2C(=O)COc3ccc(NC(=O)CCC4CCCCC4)cc32)c1. The molecular weight excluding hydrogens is 404 g/mol. The summed E-state index contributed by atoms with van der Waals surface area (Å²) in [6.07, 6.45) is 7.86. The number of rotatable bonds is 8. The predicted molar refractivity (Wildman–Crippen MR) is 125 cm³/mol. The van der Waals surface area contributed by atoms with Crippen LogP contribution in [-0.2, 0) is 9.59 Å². The van der Waals surface area contributed by atoms with Gasteiger partial charge in [-0.3, -0.25) is 9.59 Å². The number of ether oxygens (including phenoxy) is 2. The van der Waals surface area contributed by atoms with E-state index < -0.39 is 0 Å². The van der Waals surface area contributed by atoms with E-state index in [-0.39, 0.29) is 18.4 Å². The van der Waals surface area contributed by atoms with Crippen molar-refractivity contribution in [2.24, 2.45) is 5.92 Å². The molecule has 4 rings (SSSR count). The molecule has 1 heterocycles. The van der Waals surface area contributed by atoms with Crippen LogP contribution >= 0.6 is 0 Å². The quantitative estimate of drug-likeness (QED) is 0.625. The Labute approximate surface area is 189 Å². The Kier molecular flexibility index (Phi) is 7.30. The summed E-state index contributed by atoms with van der Waals surface area (Å²) in [4.78, 5) is 26.7. The molecule has 1 N–H and O–H groups in total. The van der Waals surface area contributed by atoms with E-state index in [1.807, 2.05) is 49.4 Å². The Hall–Kier alpha value is -3.02. The molecule has 170 valence electrons. The lowest BCUT2D eigenvalue weighted by molar-refractivity contribution is -0.121. The Morgan fingerprint density at radius 2 is 2.00 bits per heavy atom. The van der Waals surface area contributed by atoms with E-state index in [0.717, 1.165) is 17.7 Å². The molecule has 32 heavy (non-hydrogen) atoms. The Bertz CT molecular complexity index is 953. The number of hydrogen-bond acceptors (Lipinski definition) is 4. The molecule has 0 saturated heterocycles. The molecule has 0 atom stereocenters. The number of aryl methyl sites for hydroxylation is 1. The van der Waals surface area contributed by atoms with Crippen LogP contribution in [0.1, 0.15) is 50.5 Å². The fraction of sp³-hybridized carbons (Fsp3) is 0.462. The second-order valence-corrected chi connectivity index (χ2v) is 8.77. The lowest BCUT2D eigenvalue weighted by atomic mass is 9.86. The third-order valence-electron chi connectivity index (χ3n) is 6.26. The minimum absolute atomic E-state index is 0.00450. The molecule has 0 radical (unpaired) electrons. The third kappa shape index (κ3) is 5.81. The summed E-state index contributed by atoms with van der Waals surface area (Å²) in [6, 6.07) is 13.3. The maximum absolute atomic E-state index is 12.5. The van der Waals surface area contributed by atoms with Gasteiger partial charge in [0.15, 0.2) is 6.61 Å². The second kappa shape index (κ2) is 10.5. The molecule has 0 spiro atoms. The molecule has 1 aliphatic heterocycles. The number of hydrogen-bond donors (Lipinski definition) is 1. The summed E-state index contributed by atoms with van der Waals surface area (Å²) in [5, 5.41) is 2.99. The van der Waals surface area contributed by atoms with Crippen LogP contribution in [0.3, 0.4) is 0 Å². The van der Waals surface area contributed by atoms with E-state index in [4.69, 9.17) is 9.47 Å². The number of fused-ring (bicyclic) bond motifs is 1. The second-order valence-electron chi connectivity index (χ2n) is 8.77. The third-order valence-corrected chi connectivity index (χ3v) is 6.26. The summed E-state index contributed by atoms with van der Waals surface area (Å²) in [5.41, 5.74) is 2.47. The lowest BCUT2D eigenvalue weighted by Crippen LogP contribution is -2.41. The van der Waals surface area contributed by atoms with Crippen LogP contribution in [0.25, 0.3) is 0 Å². The summed E-state index contributed by atoms with van der Waals surface area (Å²) in [5.74, 6) is 2.00. The van der Waals surface area contributed by atoms with Gasteiger partial charge in [0.2, 0.25) is 5.91 Å². The van der Waals surface area contributed by atoms with Crippen molar-refractivity contribution in [1.29, 1.82) is 0 Å². The highest BCUT2D eigenvalue weighted by Gasteiger charge is 2.26. The van der Waals surface area contributed by atoms with Gasteiger partial charge in [0.1, 0.15) is 18.1 Å². The number of carbonyl (C=O) groups excluding carboxylic acids is 2. The van der Waals surface area contributed by atoms with E-state index >= 15 is 0 Å². The van der Waals surface area contributed by atoms with E-state index in [1.54, 1.807) is 4.90 Å². The van der Waals surface area contributed by atoms with Gasteiger partial charge < -0.3 is 19.7 Å². The van der Waals surface area contributed by atoms with Gasteiger partial charge in [-0.05, 0) is 55.2 Å². The smallest absolute Gasteiger partial charge is 0.265 e. The fourth-order valence-corrected chi connectivity index (χ4v) is 4.52. The first-order valence-corrected chi connectivity index (χ1v) is 11.6. The van der Waals surface area contributed by atoms with Crippen LogP contribution in [-0.4, -0.2) is 31.6 Å². The summed E-state index contributed by atoms with van der Waals surface area (Å²) in [7, 11) is 0. The van der Waals surface area contributed by atoms with Crippen molar-refractivity contribution in [3.63, 3.8) is 0 Å². The van der Waals surface area contributed by atoms with Gasteiger partial charge in [0.05, 0.1) is 12.2 Å². The number of carbonyl (C=O) groups is 2. The molecule has 0 bridgehead atoms. The normalized spacial score (nSPS) is 16.3. The number of nitrogens with zero attached hydrogens (tertiary/aromatic N) is 1. The van der Waals surface area contributed by atoms with Gasteiger partial charge in [-0.25, -0.2) is 0 Å². The number of benzene rings is 2. The molecule has 6 heteroatoms. The molecule has 0 aromatic heterocycles. The topological polar surface area (TPSA) is 67.9 Å². The van der Waals surface area contributed by atoms with E-state index in [2.05, 4.69) is 5.32 Å². The van der Waals surface area contributed by atoms with Crippen molar-refractivity contribution in [2.45, 2.75) is 51.9 Å². The van der Waals surface area contributed by atoms with Crippen LogP contribution in [0.2, 0.25) is 0 Å². The summed E-state index contributed by atoms with van der Waals surface area (Å²) in [6.45, 7) is 2.79. The monoisotopic (exact) mass is 436 g/mol. The van der Waals surface area contributed by atoms with Crippen molar-refractivity contribution in [3.8, 4) is 11.5 Å². The highest BCUT2D eigenvalue weighted by Crippen LogP contribution is 2.35. The van der Waals surface area contributed by atoms with Crippen LogP contribution in [0.4, 0.5) is 11.4 Å². The summed E-state index contributed by atoms with van der Waals surface area (Å²) < 4.78 is 11.4. The van der Waals surface area contributed by atoms with Gasteiger partial charge in [0.25, 0.3) is 5.91 Å². The van der Waals surface area contributed by atoms with Gasteiger partial charge in [0, 0.05) is 12.1 Å². The molecular formula is C26H32N2O4. The highest BCUT2D eigenvalue weighted by molar-refractivity contribution is 5.99. The molecule has 2 aromatic rings. The Morgan fingerprint density at radius 1 is 1.16 bits per heavy atom. The summed E-state index contributed by atoms with van der Waals surface area (Å²) >= 11 is 0. The van der Waals surface area contributed by atoms with Crippen molar-refractivity contribution >= 4 is 23.2 Å². The maximum Gasteiger partial charge on any atom is 0.265 e. The van der Waals surface area contributed by atoms with Crippen LogP contribution in [0.15, 0.2) is 42.5 Å². The minimum atomic E-state index is -0.119. The molecule has 1 aliphatic carbocycles. The zero-order chi connectivity index (χ0) is 22.3. The van der Waals surface area contributed by atoms with Crippen molar-refractivity contribution in [3.05, 3.63) is 48.0 Å². The van der Waals surface area contributed by atoms with E-state index in [9.17, 15) is 9.59 Å². The molecule has 2 amide bonds. The fourth-order valence-electron chi connectivity index (χ4n) is 4.52. The molecule has 2 aliphatic rings. The maximum atomic E-state index is 12.5. The molecule has 6 nitrogen and oxygen atoms in total. The minimum Gasteiger partial charge on any atom is -0.492 e. The number of anilines is 2. The first-order chi connectivity index (χ1) is 15.6. The van der Waals surface area contributed by atoms with E-state index in [0.29, 0.717) is 42.6 Å². The average molecular weight is 437 g/mol. The molecule has 0 unspecified atom stereocenters. The van der Waals surface area contributed by atoms with Crippen molar-refractivity contribution in [1.82, 2.24) is 0 Å². The van der Waals surface area contributed by atoms with Gasteiger partial charge in [-0.1, -0.05) is 44.2 Å². The molecule has 2 aromatic carbocycles. The van der Waals surface area contributed by atoms with Crippen molar-refractivity contribution < 1.29 is 19.1 Å². The lowest BCUT2D eigenvalue weighted by Gasteiger charge is -2.29.